The maximum absolute atomic E-state index is 14.4. The SMILES string of the molecule is CC.CCc1nc(/C=N/Nc2ncc(F)c(N3CCCOC(C)C3)n2)ccc1Nc1cccc(CF)c1.CF. The molecule has 0 amide bonds. The first-order valence-electron chi connectivity index (χ1n) is 13.0. The number of hydrogen-bond donors (Lipinski definition) is 2. The van der Waals surface area contributed by atoms with Crippen molar-refractivity contribution < 1.29 is 17.9 Å². The first-order chi connectivity index (χ1) is 19.1. The van der Waals surface area contributed by atoms with Crippen molar-refractivity contribution in [1.82, 2.24) is 15.0 Å². The summed E-state index contributed by atoms with van der Waals surface area (Å²) in [7, 11) is 0.500. The Bertz CT molecular complexity index is 1180. The molecule has 2 aromatic heterocycles. The number of nitrogens with zero attached hydrogens (tertiary/aromatic N) is 5. The molecule has 1 saturated heterocycles. The van der Waals surface area contributed by atoms with Gasteiger partial charge in [0.1, 0.15) is 6.67 Å². The minimum Gasteiger partial charge on any atom is -0.377 e. The van der Waals surface area contributed by atoms with E-state index in [4.69, 9.17) is 4.74 Å². The second-order valence-electron chi connectivity index (χ2n) is 8.26. The molecule has 4 rings (SSSR count). The molecular weight excluding hydrogens is 507 g/mol. The van der Waals surface area contributed by atoms with Crippen molar-refractivity contribution >= 4 is 29.4 Å². The topological polar surface area (TPSA) is 87.6 Å². The average Bonchev–Trinajstić information content (AvgIpc) is 3.21. The number of ether oxygens (including phenoxy) is 1. The molecule has 3 aromatic rings. The number of nitrogens with one attached hydrogen (secondary N) is 2. The molecule has 0 aliphatic carbocycles. The molecule has 1 aromatic carbocycles. The number of hydrogen-bond acceptors (Lipinski definition) is 8. The molecule has 1 aliphatic rings. The van der Waals surface area contributed by atoms with Crippen LogP contribution in [0.15, 0.2) is 47.7 Å². The van der Waals surface area contributed by atoms with Crippen LogP contribution in [0.5, 0.6) is 0 Å². The Hall–Kier alpha value is -3.73. The van der Waals surface area contributed by atoms with Gasteiger partial charge in [-0.25, -0.2) is 24.2 Å². The quantitative estimate of drug-likeness (QED) is 0.248. The van der Waals surface area contributed by atoms with Crippen LogP contribution < -0.4 is 15.6 Å². The van der Waals surface area contributed by atoms with Crippen LogP contribution in [0.4, 0.5) is 36.3 Å². The number of pyridine rings is 1. The molecule has 1 atom stereocenters. The normalized spacial score (nSPS) is 15.0. The maximum atomic E-state index is 14.4. The number of alkyl halides is 2. The molecule has 0 radical (unpaired) electrons. The number of benzene rings is 1. The van der Waals surface area contributed by atoms with Crippen LogP contribution in [0.2, 0.25) is 0 Å². The second-order valence-corrected chi connectivity index (χ2v) is 8.26. The number of hydrazone groups is 1. The largest absolute Gasteiger partial charge is 0.377 e. The Kier molecular flexibility index (Phi) is 13.7. The molecule has 0 spiro atoms. The summed E-state index contributed by atoms with van der Waals surface area (Å²) in [6, 6.07) is 10.9. The molecule has 1 fully saturated rings. The summed E-state index contributed by atoms with van der Waals surface area (Å²) in [6.07, 6.45) is 4.18. The predicted octanol–water partition coefficient (Wildman–Crippen LogP) is 6.46. The molecule has 0 bridgehead atoms. The van der Waals surface area contributed by atoms with Crippen LogP contribution in [0.3, 0.4) is 0 Å². The Balaban J connectivity index is 0.00000127. The van der Waals surface area contributed by atoms with E-state index in [0.717, 1.165) is 29.7 Å². The van der Waals surface area contributed by atoms with Gasteiger partial charge in [-0.1, -0.05) is 32.9 Å². The van der Waals surface area contributed by atoms with Gasteiger partial charge in [-0.2, -0.15) is 10.1 Å². The number of aryl methyl sites for hydroxylation is 1. The van der Waals surface area contributed by atoms with Crippen molar-refractivity contribution in [2.24, 2.45) is 5.10 Å². The van der Waals surface area contributed by atoms with Crippen LogP contribution in [-0.4, -0.2) is 54.1 Å². The number of anilines is 4. The van der Waals surface area contributed by atoms with Gasteiger partial charge in [0, 0.05) is 25.4 Å². The van der Waals surface area contributed by atoms with Gasteiger partial charge in [-0.05, 0) is 49.6 Å². The van der Waals surface area contributed by atoms with Crippen molar-refractivity contribution in [3.8, 4) is 0 Å². The minimum absolute atomic E-state index is 0.00905. The Morgan fingerprint density at radius 1 is 1.18 bits per heavy atom. The fraction of sp³-hybridized carbons (Fsp3) is 0.429. The zero-order valence-corrected chi connectivity index (χ0v) is 23.2. The highest BCUT2D eigenvalue weighted by Crippen LogP contribution is 2.22. The number of aromatic nitrogens is 3. The molecule has 8 nitrogen and oxygen atoms in total. The summed E-state index contributed by atoms with van der Waals surface area (Å²) in [6.45, 7) is 9.31. The van der Waals surface area contributed by atoms with E-state index in [2.05, 4.69) is 30.8 Å². The van der Waals surface area contributed by atoms with Crippen LogP contribution in [0.25, 0.3) is 0 Å². The van der Waals surface area contributed by atoms with E-state index in [1.54, 1.807) is 18.3 Å². The standard InChI is InChI=1S/C25H29F2N7O.C2H6.CH3F/c1-3-22-23(30-19-7-4-6-18(12-19)13-26)9-8-20(31-22)14-29-33-25-28-15-21(27)24(32-25)34-10-5-11-35-17(2)16-34;2*1-2/h4,6-9,12,14-15,17,30H,3,5,10-11,13,16H2,1-2H3,(H,28,32,33);1-2H3;1H3/b29-14+;;. The van der Waals surface area contributed by atoms with Gasteiger partial charge in [0.15, 0.2) is 11.6 Å². The van der Waals surface area contributed by atoms with Crippen LogP contribution in [0.1, 0.15) is 51.1 Å². The van der Waals surface area contributed by atoms with Gasteiger partial charge in [0.25, 0.3) is 0 Å². The molecule has 11 heteroatoms. The highest BCUT2D eigenvalue weighted by molar-refractivity contribution is 5.78. The molecule has 212 valence electrons. The Morgan fingerprint density at radius 2 is 1.97 bits per heavy atom. The van der Waals surface area contributed by atoms with E-state index < -0.39 is 12.5 Å². The molecule has 1 aliphatic heterocycles. The van der Waals surface area contributed by atoms with Crippen LogP contribution >= 0.6 is 0 Å². The van der Waals surface area contributed by atoms with Crippen molar-refractivity contribution in [2.75, 3.05) is 42.5 Å². The summed E-state index contributed by atoms with van der Waals surface area (Å²) in [5.74, 6) is -0.0612. The third-order valence-corrected chi connectivity index (χ3v) is 5.53. The predicted molar refractivity (Wildman–Crippen MR) is 152 cm³/mol. The lowest BCUT2D eigenvalue weighted by Crippen LogP contribution is -2.31. The lowest BCUT2D eigenvalue weighted by atomic mass is 10.2. The molecular formula is C28H38F3N7O. The third-order valence-electron chi connectivity index (χ3n) is 5.53. The highest BCUT2D eigenvalue weighted by Gasteiger charge is 2.20. The Labute approximate surface area is 228 Å². The van der Waals surface area contributed by atoms with Gasteiger partial charge in [0.05, 0.1) is 42.8 Å². The molecule has 39 heavy (non-hydrogen) atoms. The van der Waals surface area contributed by atoms with Gasteiger partial charge in [0.2, 0.25) is 5.95 Å². The summed E-state index contributed by atoms with van der Waals surface area (Å²) < 4.78 is 42.5. The van der Waals surface area contributed by atoms with E-state index in [1.807, 2.05) is 56.9 Å². The van der Waals surface area contributed by atoms with Gasteiger partial charge < -0.3 is 15.0 Å². The van der Waals surface area contributed by atoms with Crippen LogP contribution in [0, 0.1) is 5.82 Å². The molecule has 2 N–H and O–H groups in total. The van der Waals surface area contributed by atoms with E-state index in [0.29, 0.717) is 44.6 Å². The summed E-state index contributed by atoms with van der Waals surface area (Å²) in [5, 5.41) is 7.48. The third kappa shape index (κ3) is 9.51. The summed E-state index contributed by atoms with van der Waals surface area (Å²) in [5.41, 5.74) is 6.50. The van der Waals surface area contributed by atoms with Gasteiger partial charge >= 0.3 is 0 Å². The van der Waals surface area contributed by atoms with E-state index in [-0.39, 0.29) is 17.9 Å². The smallest absolute Gasteiger partial charge is 0.245 e. The van der Waals surface area contributed by atoms with E-state index in [9.17, 15) is 13.2 Å². The van der Waals surface area contributed by atoms with Crippen molar-refractivity contribution in [3.63, 3.8) is 0 Å². The Morgan fingerprint density at radius 3 is 2.72 bits per heavy atom. The fourth-order valence-corrected chi connectivity index (χ4v) is 3.84. The molecule has 1 unspecified atom stereocenters. The second kappa shape index (κ2) is 17.0. The van der Waals surface area contributed by atoms with Gasteiger partial charge in [-0.15, -0.1) is 0 Å². The molecule has 0 saturated carbocycles. The monoisotopic (exact) mass is 545 g/mol. The number of rotatable bonds is 8. The summed E-state index contributed by atoms with van der Waals surface area (Å²) in [4.78, 5) is 14.8. The fourth-order valence-electron chi connectivity index (χ4n) is 3.84. The zero-order valence-electron chi connectivity index (χ0n) is 23.2. The van der Waals surface area contributed by atoms with Gasteiger partial charge in [-0.3, -0.25) is 4.39 Å². The first kappa shape index (κ1) is 31.5. The van der Waals surface area contributed by atoms with Crippen molar-refractivity contribution in [1.29, 1.82) is 0 Å². The minimum atomic E-state index is -0.512. The maximum Gasteiger partial charge on any atom is 0.245 e. The van der Waals surface area contributed by atoms with E-state index >= 15 is 0 Å². The lowest BCUT2D eigenvalue weighted by Gasteiger charge is -2.23. The lowest BCUT2D eigenvalue weighted by molar-refractivity contribution is 0.0820. The van der Waals surface area contributed by atoms with Crippen molar-refractivity contribution in [2.45, 2.75) is 53.3 Å². The molecule has 3 heterocycles. The number of halogens is 3. The highest BCUT2D eigenvalue weighted by atomic mass is 19.1. The van der Waals surface area contributed by atoms with Crippen LogP contribution in [-0.2, 0) is 17.8 Å². The summed E-state index contributed by atoms with van der Waals surface area (Å²) >= 11 is 0. The average molecular weight is 546 g/mol. The first-order valence-corrected chi connectivity index (χ1v) is 13.0. The zero-order chi connectivity index (χ0) is 28.6. The van der Waals surface area contributed by atoms with Crippen molar-refractivity contribution in [3.05, 3.63) is 65.4 Å². The van der Waals surface area contributed by atoms with E-state index in [1.165, 1.54) is 0 Å².